The molecule has 0 radical (unpaired) electrons. The van der Waals surface area contributed by atoms with Crippen LogP contribution in [0.1, 0.15) is 51.4 Å². The normalized spacial score (nSPS) is 19.6. The van der Waals surface area contributed by atoms with Gasteiger partial charge in [0.25, 0.3) is 0 Å². The number of rotatable bonds is 16. The summed E-state index contributed by atoms with van der Waals surface area (Å²) < 4.78 is 0. The molecule has 0 spiro atoms. The van der Waals surface area contributed by atoms with E-state index in [0.29, 0.717) is 24.2 Å². The Morgan fingerprint density at radius 3 is 2.54 bits per heavy atom. The molecule has 0 amide bonds. The van der Waals surface area contributed by atoms with Gasteiger partial charge in [0.15, 0.2) is 0 Å². The number of nitrogens with one attached hydrogen (secondary N) is 8. The van der Waals surface area contributed by atoms with Gasteiger partial charge in [-0.05, 0) is 51.7 Å². The summed E-state index contributed by atoms with van der Waals surface area (Å²) in [7, 11) is 0. The Morgan fingerprint density at radius 2 is 1.74 bits per heavy atom. The average Bonchev–Trinajstić information content (AvgIpc) is 2.99. The van der Waals surface area contributed by atoms with Crippen LogP contribution in [0, 0.1) is 5.53 Å². The molecule has 12 heteroatoms. The number of nitrogens with zero attached hydrogens (tertiary/aromatic N) is 4. The van der Waals surface area contributed by atoms with E-state index in [1.165, 1.54) is 32.1 Å². The van der Waals surface area contributed by atoms with Gasteiger partial charge in [-0.3, -0.25) is 0 Å². The van der Waals surface area contributed by atoms with Gasteiger partial charge >= 0.3 is 0 Å². The van der Waals surface area contributed by atoms with Gasteiger partial charge in [0.1, 0.15) is 11.6 Å². The molecule has 0 atom stereocenters. The lowest BCUT2D eigenvalue weighted by Gasteiger charge is -2.29. The van der Waals surface area contributed by atoms with Gasteiger partial charge in [-0.15, -0.1) is 0 Å². The van der Waals surface area contributed by atoms with Gasteiger partial charge in [0.05, 0.1) is 12.2 Å². The third-order valence-corrected chi connectivity index (χ3v) is 7.70. The van der Waals surface area contributed by atoms with Crippen molar-refractivity contribution in [1.82, 2.24) is 36.6 Å². The summed E-state index contributed by atoms with van der Waals surface area (Å²) in [4.78, 5) is 11.8. The highest BCUT2D eigenvalue weighted by molar-refractivity contribution is 5.54. The molecule has 4 rings (SSSR count). The second kappa shape index (κ2) is 17.2. The van der Waals surface area contributed by atoms with E-state index in [0.717, 1.165) is 102 Å². The molecule has 3 aliphatic rings. The van der Waals surface area contributed by atoms with Crippen LogP contribution in [-0.4, -0.2) is 94.0 Å². The predicted octanol–water partition coefficient (Wildman–Crippen LogP) is 1.83. The van der Waals surface area contributed by atoms with E-state index in [-0.39, 0.29) is 0 Å². The zero-order chi connectivity index (χ0) is 27.0. The molecule has 2 aliphatic heterocycles. The highest BCUT2D eigenvalue weighted by atomic mass is 15.3. The lowest BCUT2D eigenvalue weighted by Crippen LogP contribution is -2.44. The summed E-state index contributed by atoms with van der Waals surface area (Å²) in [5, 5.41) is 27.9. The van der Waals surface area contributed by atoms with Crippen molar-refractivity contribution in [3.05, 3.63) is 18.0 Å². The fraction of sp³-hybridized carbons (Fsp3) is 0.778. The maximum Gasteiger partial charge on any atom is 0.226 e. The molecule has 218 valence electrons. The van der Waals surface area contributed by atoms with Crippen LogP contribution in [0.5, 0.6) is 0 Å². The van der Waals surface area contributed by atoms with Crippen LogP contribution in [0.4, 0.5) is 17.6 Å². The first-order valence-corrected chi connectivity index (χ1v) is 15.1. The van der Waals surface area contributed by atoms with E-state index in [1.807, 2.05) is 6.20 Å². The Labute approximate surface area is 233 Å². The van der Waals surface area contributed by atoms with Crippen molar-refractivity contribution in [2.24, 2.45) is 5.11 Å². The largest absolute Gasteiger partial charge is 0.389 e. The van der Waals surface area contributed by atoms with Crippen LogP contribution in [0.3, 0.4) is 0 Å². The van der Waals surface area contributed by atoms with Crippen LogP contribution >= 0.6 is 0 Å². The van der Waals surface area contributed by atoms with Crippen LogP contribution in [0.25, 0.3) is 0 Å². The van der Waals surface area contributed by atoms with Crippen LogP contribution < -0.4 is 42.1 Å². The molecule has 12 nitrogen and oxygen atoms in total. The minimum absolute atomic E-state index is 0.388. The van der Waals surface area contributed by atoms with E-state index < -0.39 is 0 Å². The lowest BCUT2D eigenvalue weighted by molar-refractivity contribution is 0.372. The lowest BCUT2D eigenvalue weighted by atomic mass is 9.95. The summed E-state index contributed by atoms with van der Waals surface area (Å²) >= 11 is 0. The highest BCUT2D eigenvalue weighted by Gasteiger charge is 2.18. The molecule has 1 aromatic heterocycles. The van der Waals surface area contributed by atoms with Crippen molar-refractivity contribution < 1.29 is 0 Å². The summed E-state index contributed by atoms with van der Waals surface area (Å²) in [6.45, 7) is 10.0. The van der Waals surface area contributed by atoms with Crippen molar-refractivity contribution in [2.45, 2.75) is 63.5 Å². The van der Waals surface area contributed by atoms with Gasteiger partial charge in [-0.1, -0.05) is 19.3 Å². The summed E-state index contributed by atoms with van der Waals surface area (Å²) in [6, 6.07) is 3.20. The van der Waals surface area contributed by atoms with Gasteiger partial charge in [-0.25, -0.2) is 5.53 Å². The van der Waals surface area contributed by atoms with Crippen molar-refractivity contribution in [2.75, 3.05) is 87.5 Å². The van der Waals surface area contributed by atoms with E-state index in [2.05, 4.69) is 53.3 Å². The Kier molecular flexibility index (Phi) is 13.0. The number of hydrogen-bond acceptors (Lipinski definition) is 12. The highest BCUT2D eigenvalue weighted by Crippen LogP contribution is 2.21. The van der Waals surface area contributed by atoms with Crippen LogP contribution in [-0.2, 0) is 0 Å². The number of hydrogen-bond donors (Lipinski definition) is 8. The van der Waals surface area contributed by atoms with Crippen molar-refractivity contribution in [3.8, 4) is 0 Å². The topological polar surface area (TPSA) is 149 Å². The number of piperazine rings is 1. The molecule has 3 heterocycles. The zero-order valence-corrected chi connectivity index (χ0v) is 23.5. The number of aromatic nitrogens is 2. The molecular weight excluding hydrogens is 492 g/mol. The standard InChI is InChI=1S/C27H50N12/c28-38-24(20-32-10-4-9-29-13-14-33-22-5-2-1-3-6-22)21-34-27-36-25(35-23-7-11-30-12-8-23)19-26(37-27)39-17-15-31-16-18-39/h19-20,22-23,28-33H,1-18,21H2,(H2,34,35,36,37)/b24-20-,38-28?. The minimum atomic E-state index is 0.388. The van der Waals surface area contributed by atoms with Gasteiger partial charge in [-0.2, -0.15) is 15.1 Å². The molecule has 0 unspecified atom stereocenters. The third kappa shape index (κ3) is 10.9. The Bertz CT molecular complexity index is 860. The SMILES string of the molecule is N=N/C(=C\NCCCNCCNC1CCCCC1)CNc1nc(NC2CCNCC2)cc(N2CCNCC2)n1. The smallest absolute Gasteiger partial charge is 0.226 e. The quantitative estimate of drug-likeness (QED) is 0.115. The molecule has 1 aliphatic carbocycles. The van der Waals surface area contributed by atoms with E-state index in [9.17, 15) is 0 Å². The van der Waals surface area contributed by atoms with E-state index in [4.69, 9.17) is 15.5 Å². The average molecular weight is 543 g/mol. The van der Waals surface area contributed by atoms with Crippen molar-refractivity contribution in [1.29, 1.82) is 5.53 Å². The maximum atomic E-state index is 7.60. The summed E-state index contributed by atoms with van der Waals surface area (Å²) in [6.07, 6.45) is 11.8. The first-order chi connectivity index (χ1) is 19.3. The molecule has 39 heavy (non-hydrogen) atoms. The van der Waals surface area contributed by atoms with Crippen LogP contribution in [0.2, 0.25) is 0 Å². The predicted molar refractivity (Wildman–Crippen MR) is 159 cm³/mol. The zero-order valence-electron chi connectivity index (χ0n) is 23.5. The van der Waals surface area contributed by atoms with E-state index in [1.54, 1.807) is 0 Å². The molecule has 1 saturated carbocycles. The molecular formula is C27H50N12. The van der Waals surface area contributed by atoms with Crippen molar-refractivity contribution >= 4 is 17.6 Å². The second-order valence-corrected chi connectivity index (χ2v) is 10.8. The molecule has 0 bridgehead atoms. The molecule has 8 N–H and O–H groups in total. The molecule has 1 aromatic rings. The fourth-order valence-electron chi connectivity index (χ4n) is 5.41. The molecule has 3 fully saturated rings. The molecule has 2 saturated heterocycles. The monoisotopic (exact) mass is 542 g/mol. The Hall–Kier alpha value is -2.54. The first-order valence-electron chi connectivity index (χ1n) is 15.1. The van der Waals surface area contributed by atoms with Crippen LogP contribution in [0.15, 0.2) is 23.1 Å². The van der Waals surface area contributed by atoms with E-state index >= 15 is 0 Å². The van der Waals surface area contributed by atoms with Gasteiger partial charge < -0.3 is 42.1 Å². The van der Waals surface area contributed by atoms with Crippen molar-refractivity contribution in [3.63, 3.8) is 0 Å². The Morgan fingerprint density at radius 1 is 0.949 bits per heavy atom. The number of anilines is 3. The summed E-state index contributed by atoms with van der Waals surface area (Å²) in [5.41, 5.74) is 8.22. The van der Waals surface area contributed by atoms with Gasteiger partial charge in [0, 0.05) is 70.2 Å². The second-order valence-electron chi connectivity index (χ2n) is 10.8. The Balaban J connectivity index is 1.19. The number of piperidine rings is 1. The minimum Gasteiger partial charge on any atom is -0.389 e. The third-order valence-electron chi connectivity index (χ3n) is 7.70. The first kappa shape index (κ1) is 29.4. The summed E-state index contributed by atoms with van der Waals surface area (Å²) in [5.74, 6) is 2.34. The van der Waals surface area contributed by atoms with Gasteiger partial charge in [0.2, 0.25) is 5.95 Å². The fourth-order valence-corrected chi connectivity index (χ4v) is 5.41. The maximum absolute atomic E-state index is 7.60. The molecule has 0 aromatic carbocycles.